The van der Waals surface area contributed by atoms with Gasteiger partial charge in [0.1, 0.15) is 0 Å². The van der Waals surface area contributed by atoms with E-state index in [0.29, 0.717) is 19.1 Å². The second kappa shape index (κ2) is 8.03. The van der Waals surface area contributed by atoms with Crippen LogP contribution in [0, 0.1) is 11.3 Å². The molecule has 3 N–H and O–H groups in total. The van der Waals surface area contributed by atoms with Gasteiger partial charge in [0.2, 0.25) is 0 Å². The average molecular weight is 247 g/mol. The predicted octanol–water partition coefficient (Wildman–Crippen LogP) is 1.41. The summed E-state index contributed by atoms with van der Waals surface area (Å²) in [6, 6.07) is -0.183. The van der Waals surface area contributed by atoms with Crippen molar-refractivity contribution in [1.29, 1.82) is 0 Å². The summed E-state index contributed by atoms with van der Waals surface area (Å²) >= 11 is 0. The Hall–Kier alpha value is -0.160. The van der Waals surface area contributed by atoms with Crippen molar-refractivity contribution in [1.82, 2.24) is 0 Å². The van der Waals surface area contributed by atoms with Gasteiger partial charge >= 0.3 is 0 Å². The largest absolute Gasteiger partial charge is 0.394 e. The molecule has 0 saturated carbocycles. The first kappa shape index (κ1) is 16.8. The molecule has 0 heterocycles. The Morgan fingerprint density at radius 1 is 1.18 bits per heavy atom. The SMILES string of the molecule is CC(C)COCCOC(CO)C(N)C(C)(C)C. The number of hydrogen-bond donors (Lipinski definition) is 2. The molecule has 0 amide bonds. The highest BCUT2D eigenvalue weighted by Crippen LogP contribution is 2.21. The molecule has 4 nitrogen and oxygen atoms in total. The molecule has 0 aliphatic carbocycles. The molecular weight excluding hydrogens is 218 g/mol. The van der Waals surface area contributed by atoms with E-state index < -0.39 is 0 Å². The quantitative estimate of drug-likeness (QED) is 0.637. The highest BCUT2D eigenvalue weighted by atomic mass is 16.5. The zero-order chi connectivity index (χ0) is 13.5. The van der Waals surface area contributed by atoms with E-state index in [1.807, 2.05) is 20.8 Å². The van der Waals surface area contributed by atoms with Gasteiger partial charge in [-0.15, -0.1) is 0 Å². The molecule has 0 bridgehead atoms. The molecule has 4 heteroatoms. The van der Waals surface area contributed by atoms with Crippen LogP contribution in [0.1, 0.15) is 34.6 Å². The van der Waals surface area contributed by atoms with Crippen LogP contribution in [-0.4, -0.2) is 43.7 Å². The minimum atomic E-state index is -0.322. The molecule has 0 radical (unpaired) electrons. The molecule has 0 saturated heterocycles. The highest BCUT2D eigenvalue weighted by Gasteiger charge is 2.29. The standard InChI is InChI=1S/C13H29NO3/c1-10(2)9-16-6-7-17-11(8-15)12(14)13(3,4)5/h10-12,15H,6-9,14H2,1-5H3. The fraction of sp³-hybridized carbons (Fsp3) is 1.00. The van der Waals surface area contributed by atoms with Crippen molar-refractivity contribution >= 4 is 0 Å². The molecule has 0 aromatic rings. The van der Waals surface area contributed by atoms with E-state index in [4.69, 9.17) is 15.2 Å². The second-order valence-electron chi connectivity index (χ2n) is 5.95. The van der Waals surface area contributed by atoms with Gasteiger partial charge in [-0.3, -0.25) is 0 Å². The number of aliphatic hydroxyl groups excluding tert-OH is 1. The van der Waals surface area contributed by atoms with E-state index in [2.05, 4.69) is 13.8 Å². The summed E-state index contributed by atoms with van der Waals surface area (Å²) in [7, 11) is 0. The molecule has 0 aromatic heterocycles. The normalized spacial score (nSPS) is 16.2. The molecule has 0 rings (SSSR count). The van der Waals surface area contributed by atoms with Gasteiger partial charge in [-0.25, -0.2) is 0 Å². The number of hydrogen-bond acceptors (Lipinski definition) is 4. The van der Waals surface area contributed by atoms with Crippen LogP contribution in [0.2, 0.25) is 0 Å². The molecule has 2 atom stereocenters. The lowest BCUT2D eigenvalue weighted by Gasteiger charge is -2.33. The van der Waals surface area contributed by atoms with Crippen LogP contribution in [0.15, 0.2) is 0 Å². The summed E-state index contributed by atoms with van der Waals surface area (Å²) in [6.07, 6.45) is -0.322. The third kappa shape index (κ3) is 7.71. The second-order valence-corrected chi connectivity index (χ2v) is 5.95. The maximum Gasteiger partial charge on any atom is 0.0962 e. The van der Waals surface area contributed by atoms with Gasteiger partial charge in [0, 0.05) is 12.6 Å². The van der Waals surface area contributed by atoms with Crippen LogP contribution < -0.4 is 5.73 Å². The number of rotatable bonds is 8. The van der Waals surface area contributed by atoms with Gasteiger partial charge in [0.05, 0.1) is 25.9 Å². The monoisotopic (exact) mass is 247 g/mol. The number of nitrogens with two attached hydrogens (primary N) is 1. The average Bonchev–Trinajstić information content (AvgIpc) is 2.20. The first-order valence-corrected chi connectivity index (χ1v) is 6.34. The summed E-state index contributed by atoms with van der Waals surface area (Å²) in [5, 5.41) is 9.26. The third-order valence-corrected chi connectivity index (χ3v) is 2.59. The maximum atomic E-state index is 9.26. The number of aliphatic hydroxyl groups is 1. The van der Waals surface area contributed by atoms with Crippen LogP contribution >= 0.6 is 0 Å². The van der Waals surface area contributed by atoms with E-state index in [9.17, 15) is 5.11 Å². The first-order chi connectivity index (χ1) is 7.79. The molecule has 0 aromatic carbocycles. The van der Waals surface area contributed by atoms with Gasteiger partial charge < -0.3 is 20.3 Å². The van der Waals surface area contributed by atoms with Crippen LogP contribution in [0.5, 0.6) is 0 Å². The maximum absolute atomic E-state index is 9.26. The molecular formula is C13H29NO3. The smallest absolute Gasteiger partial charge is 0.0962 e. The molecule has 0 fully saturated rings. The van der Waals surface area contributed by atoms with Crippen molar-refractivity contribution in [2.45, 2.75) is 46.8 Å². The Bertz CT molecular complexity index is 190. The van der Waals surface area contributed by atoms with Gasteiger partial charge in [-0.1, -0.05) is 34.6 Å². The first-order valence-electron chi connectivity index (χ1n) is 6.34. The van der Waals surface area contributed by atoms with Crippen molar-refractivity contribution in [2.75, 3.05) is 26.4 Å². The van der Waals surface area contributed by atoms with Gasteiger partial charge in [-0.05, 0) is 11.3 Å². The zero-order valence-corrected chi connectivity index (χ0v) is 11.9. The molecule has 0 aliphatic heterocycles. The summed E-state index contributed by atoms with van der Waals surface area (Å²) in [6.45, 7) is 12.0. The van der Waals surface area contributed by atoms with E-state index in [-0.39, 0.29) is 24.2 Å². The topological polar surface area (TPSA) is 64.7 Å². The molecule has 2 unspecified atom stereocenters. The number of ether oxygens (including phenoxy) is 2. The van der Waals surface area contributed by atoms with E-state index in [1.165, 1.54) is 0 Å². The molecule has 0 spiro atoms. The van der Waals surface area contributed by atoms with E-state index in [0.717, 1.165) is 6.61 Å². The lowest BCUT2D eigenvalue weighted by atomic mass is 9.84. The Morgan fingerprint density at radius 3 is 2.18 bits per heavy atom. The Balaban J connectivity index is 3.83. The summed E-state index contributed by atoms with van der Waals surface area (Å²) < 4.78 is 11.0. The zero-order valence-electron chi connectivity index (χ0n) is 11.9. The molecule has 17 heavy (non-hydrogen) atoms. The minimum Gasteiger partial charge on any atom is -0.394 e. The van der Waals surface area contributed by atoms with E-state index in [1.54, 1.807) is 0 Å². The Kier molecular flexibility index (Phi) is 7.96. The van der Waals surface area contributed by atoms with Crippen LogP contribution in [0.3, 0.4) is 0 Å². The van der Waals surface area contributed by atoms with Crippen molar-refractivity contribution in [3.05, 3.63) is 0 Å². The van der Waals surface area contributed by atoms with Gasteiger partial charge in [0.15, 0.2) is 0 Å². The predicted molar refractivity (Wildman–Crippen MR) is 69.9 cm³/mol. The van der Waals surface area contributed by atoms with Gasteiger partial charge in [0.25, 0.3) is 0 Å². The highest BCUT2D eigenvalue weighted by molar-refractivity contribution is 4.84. The van der Waals surface area contributed by atoms with E-state index >= 15 is 0 Å². The molecule has 0 aliphatic rings. The summed E-state index contributed by atoms with van der Waals surface area (Å²) in [5.74, 6) is 0.528. The van der Waals surface area contributed by atoms with Crippen LogP contribution in [0.4, 0.5) is 0 Å². The van der Waals surface area contributed by atoms with Crippen molar-refractivity contribution in [3.63, 3.8) is 0 Å². The Morgan fingerprint density at radius 2 is 1.76 bits per heavy atom. The van der Waals surface area contributed by atoms with Crippen molar-refractivity contribution in [2.24, 2.45) is 17.1 Å². The van der Waals surface area contributed by atoms with Gasteiger partial charge in [-0.2, -0.15) is 0 Å². The summed E-state index contributed by atoms with van der Waals surface area (Å²) in [4.78, 5) is 0. The Labute approximate surface area is 105 Å². The fourth-order valence-corrected chi connectivity index (χ4v) is 1.41. The van der Waals surface area contributed by atoms with Crippen molar-refractivity contribution in [3.8, 4) is 0 Å². The van der Waals surface area contributed by atoms with Crippen LogP contribution in [0.25, 0.3) is 0 Å². The van der Waals surface area contributed by atoms with Crippen molar-refractivity contribution < 1.29 is 14.6 Å². The van der Waals surface area contributed by atoms with Crippen LogP contribution in [-0.2, 0) is 9.47 Å². The lowest BCUT2D eigenvalue weighted by Crippen LogP contribution is -2.48. The third-order valence-electron chi connectivity index (χ3n) is 2.59. The minimum absolute atomic E-state index is 0.0530. The fourth-order valence-electron chi connectivity index (χ4n) is 1.41. The summed E-state index contributed by atoms with van der Waals surface area (Å²) in [5.41, 5.74) is 5.97. The molecule has 104 valence electrons. The lowest BCUT2D eigenvalue weighted by molar-refractivity contribution is -0.0483.